The van der Waals surface area contributed by atoms with Gasteiger partial charge in [0, 0.05) is 17.6 Å². The average Bonchev–Trinajstić information content (AvgIpc) is 2.16. The van der Waals surface area contributed by atoms with Crippen LogP contribution >= 0.6 is 0 Å². The lowest BCUT2D eigenvalue weighted by molar-refractivity contribution is -0.383. The third-order valence-electron chi connectivity index (χ3n) is 1.80. The van der Waals surface area contributed by atoms with Crippen LogP contribution in [-0.2, 0) is 0 Å². The van der Waals surface area contributed by atoms with E-state index in [2.05, 4.69) is 9.97 Å². The summed E-state index contributed by atoms with van der Waals surface area (Å²) in [4.78, 5) is 17.7. The van der Waals surface area contributed by atoms with Crippen LogP contribution in [0, 0.1) is 10.1 Å². The number of hydrogen-bond acceptors (Lipinski definition) is 5. The van der Waals surface area contributed by atoms with Gasteiger partial charge in [0.15, 0.2) is 5.52 Å². The van der Waals surface area contributed by atoms with Gasteiger partial charge in [0.2, 0.25) is 5.95 Å². The van der Waals surface area contributed by atoms with Crippen molar-refractivity contribution >= 4 is 22.5 Å². The molecule has 1 heterocycles. The Kier molecular flexibility index (Phi) is 1.74. The van der Waals surface area contributed by atoms with E-state index in [-0.39, 0.29) is 17.2 Å². The molecule has 0 atom stereocenters. The van der Waals surface area contributed by atoms with E-state index in [0.29, 0.717) is 5.39 Å². The summed E-state index contributed by atoms with van der Waals surface area (Å²) in [6.07, 6.45) is 1.46. The molecule has 1 aromatic carbocycles. The van der Waals surface area contributed by atoms with Crippen LogP contribution in [0.1, 0.15) is 0 Å². The van der Waals surface area contributed by atoms with Crippen LogP contribution in [0.15, 0.2) is 24.4 Å². The Bertz CT molecular complexity index is 512. The summed E-state index contributed by atoms with van der Waals surface area (Å²) in [6, 6.07) is 4.66. The molecule has 0 saturated carbocycles. The first kappa shape index (κ1) is 8.36. The number of para-hydroxylation sites is 1. The molecule has 1 aromatic heterocycles. The molecule has 70 valence electrons. The van der Waals surface area contributed by atoms with E-state index >= 15 is 0 Å². The Morgan fingerprint density at radius 2 is 2.21 bits per heavy atom. The molecule has 6 nitrogen and oxygen atoms in total. The van der Waals surface area contributed by atoms with Crippen molar-refractivity contribution in [2.75, 3.05) is 5.73 Å². The molecule has 2 rings (SSSR count). The van der Waals surface area contributed by atoms with Crippen molar-refractivity contribution in [2.45, 2.75) is 0 Å². The van der Waals surface area contributed by atoms with Crippen LogP contribution in [0.5, 0.6) is 0 Å². The largest absolute Gasteiger partial charge is 0.368 e. The molecule has 0 amide bonds. The second-order valence-electron chi connectivity index (χ2n) is 2.70. The summed E-state index contributed by atoms with van der Waals surface area (Å²) in [7, 11) is 0. The fraction of sp³-hybridized carbons (Fsp3) is 0. The van der Waals surface area contributed by atoms with Gasteiger partial charge < -0.3 is 5.73 Å². The number of nitrogen functional groups attached to an aromatic ring is 1. The van der Waals surface area contributed by atoms with Gasteiger partial charge in [-0.15, -0.1) is 0 Å². The van der Waals surface area contributed by atoms with Gasteiger partial charge in [-0.1, -0.05) is 12.1 Å². The molecule has 0 aliphatic carbocycles. The number of nitrogens with zero attached hydrogens (tertiary/aromatic N) is 3. The second kappa shape index (κ2) is 2.91. The van der Waals surface area contributed by atoms with E-state index < -0.39 is 4.92 Å². The van der Waals surface area contributed by atoms with Gasteiger partial charge >= 0.3 is 0 Å². The summed E-state index contributed by atoms with van der Waals surface area (Å²) >= 11 is 0. The Hall–Kier alpha value is -2.24. The third-order valence-corrected chi connectivity index (χ3v) is 1.80. The second-order valence-corrected chi connectivity index (χ2v) is 2.70. The molecule has 14 heavy (non-hydrogen) atoms. The fourth-order valence-electron chi connectivity index (χ4n) is 1.20. The van der Waals surface area contributed by atoms with Crippen LogP contribution < -0.4 is 5.73 Å². The lowest BCUT2D eigenvalue weighted by atomic mass is 10.2. The summed E-state index contributed by atoms with van der Waals surface area (Å²) in [6.45, 7) is 0. The van der Waals surface area contributed by atoms with Gasteiger partial charge in [-0.2, -0.15) is 0 Å². The Balaban J connectivity index is 2.84. The minimum Gasteiger partial charge on any atom is -0.368 e. The maximum Gasteiger partial charge on any atom is 0.295 e. The Labute approximate surface area is 78.5 Å². The van der Waals surface area contributed by atoms with Gasteiger partial charge in [-0.25, -0.2) is 9.97 Å². The lowest BCUT2D eigenvalue weighted by Crippen LogP contribution is -1.97. The standard InChI is InChI=1S/C8H6N4O2/c9-8-10-4-5-2-1-3-6(12(13)14)7(5)11-8/h1-4H,(H2,9,10,11). The first-order chi connectivity index (χ1) is 6.68. The van der Waals surface area contributed by atoms with Gasteiger partial charge in [0.05, 0.1) is 4.92 Å². The first-order valence-electron chi connectivity index (χ1n) is 3.84. The number of non-ortho nitro benzene ring substituents is 1. The number of nitro groups is 1. The number of benzene rings is 1. The van der Waals surface area contributed by atoms with Gasteiger partial charge in [0.25, 0.3) is 5.69 Å². The molecule has 0 aliphatic rings. The highest BCUT2D eigenvalue weighted by atomic mass is 16.6. The molecule has 0 unspecified atom stereocenters. The molecular formula is C8H6N4O2. The molecule has 0 aliphatic heterocycles. The summed E-state index contributed by atoms with van der Waals surface area (Å²) in [5, 5.41) is 11.2. The minimum absolute atomic E-state index is 0.0341. The highest BCUT2D eigenvalue weighted by molar-refractivity contribution is 5.86. The van der Waals surface area contributed by atoms with Gasteiger partial charge in [-0.3, -0.25) is 10.1 Å². The van der Waals surface area contributed by atoms with Crippen molar-refractivity contribution in [3.05, 3.63) is 34.5 Å². The summed E-state index contributed by atoms with van der Waals surface area (Å²) < 4.78 is 0. The summed E-state index contributed by atoms with van der Waals surface area (Å²) in [5.41, 5.74) is 5.56. The van der Waals surface area contributed by atoms with E-state index in [9.17, 15) is 10.1 Å². The van der Waals surface area contributed by atoms with Crippen molar-refractivity contribution in [3.8, 4) is 0 Å². The van der Waals surface area contributed by atoms with E-state index in [1.807, 2.05) is 0 Å². The topological polar surface area (TPSA) is 94.9 Å². The van der Waals surface area contributed by atoms with Gasteiger partial charge in [-0.05, 0) is 0 Å². The third kappa shape index (κ3) is 1.22. The molecule has 2 aromatic rings. The Morgan fingerprint density at radius 3 is 2.93 bits per heavy atom. The van der Waals surface area contributed by atoms with Crippen LogP contribution in [0.2, 0.25) is 0 Å². The van der Waals surface area contributed by atoms with E-state index in [1.165, 1.54) is 12.3 Å². The minimum atomic E-state index is -0.491. The molecule has 0 radical (unpaired) electrons. The van der Waals surface area contributed by atoms with E-state index in [0.717, 1.165) is 0 Å². The van der Waals surface area contributed by atoms with Crippen molar-refractivity contribution < 1.29 is 4.92 Å². The normalized spacial score (nSPS) is 10.3. The number of nitrogens with two attached hydrogens (primary N) is 1. The fourth-order valence-corrected chi connectivity index (χ4v) is 1.20. The SMILES string of the molecule is Nc1ncc2cccc([N+](=O)[O-])c2n1. The highest BCUT2D eigenvalue weighted by Gasteiger charge is 2.12. The zero-order valence-corrected chi connectivity index (χ0v) is 7.04. The Morgan fingerprint density at radius 1 is 1.43 bits per heavy atom. The van der Waals surface area contributed by atoms with Crippen molar-refractivity contribution in [2.24, 2.45) is 0 Å². The molecule has 0 fully saturated rings. The van der Waals surface area contributed by atoms with Crippen molar-refractivity contribution in [3.63, 3.8) is 0 Å². The van der Waals surface area contributed by atoms with E-state index in [1.54, 1.807) is 12.1 Å². The predicted molar refractivity (Wildman–Crippen MR) is 50.6 cm³/mol. The summed E-state index contributed by atoms with van der Waals surface area (Å²) in [5.74, 6) is 0.0341. The van der Waals surface area contributed by atoms with Crippen LogP contribution in [0.25, 0.3) is 10.9 Å². The van der Waals surface area contributed by atoms with Crippen LogP contribution in [0.4, 0.5) is 11.6 Å². The monoisotopic (exact) mass is 190 g/mol. The average molecular weight is 190 g/mol. The quantitative estimate of drug-likeness (QED) is 0.537. The molecular weight excluding hydrogens is 184 g/mol. The number of hydrogen-bond donors (Lipinski definition) is 1. The van der Waals surface area contributed by atoms with Crippen molar-refractivity contribution in [1.82, 2.24) is 9.97 Å². The zero-order valence-electron chi connectivity index (χ0n) is 7.04. The van der Waals surface area contributed by atoms with Crippen LogP contribution in [-0.4, -0.2) is 14.9 Å². The number of anilines is 1. The van der Waals surface area contributed by atoms with Gasteiger partial charge in [0.1, 0.15) is 0 Å². The molecule has 0 saturated heterocycles. The van der Waals surface area contributed by atoms with E-state index in [4.69, 9.17) is 5.73 Å². The smallest absolute Gasteiger partial charge is 0.295 e. The predicted octanol–water partition coefficient (Wildman–Crippen LogP) is 1.12. The maximum atomic E-state index is 10.6. The number of nitro benzene ring substituents is 1. The molecule has 6 heteroatoms. The number of aromatic nitrogens is 2. The van der Waals surface area contributed by atoms with Crippen LogP contribution in [0.3, 0.4) is 0 Å². The lowest BCUT2D eigenvalue weighted by Gasteiger charge is -1.98. The zero-order chi connectivity index (χ0) is 10.1. The maximum absolute atomic E-state index is 10.6. The molecule has 2 N–H and O–H groups in total. The highest BCUT2D eigenvalue weighted by Crippen LogP contribution is 2.22. The number of rotatable bonds is 1. The molecule has 0 spiro atoms. The number of fused-ring (bicyclic) bond motifs is 1. The first-order valence-corrected chi connectivity index (χ1v) is 3.84. The molecule has 0 bridgehead atoms. The van der Waals surface area contributed by atoms with Crippen molar-refractivity contribution in [1.29, 1.82) is 0 Å².